The van der Waals surface area contributed by atoms with Gasteiger partial charge in [0.15, 0.2) is 5.83 Å². The lowest BCUT2D eigenvalue weighted by molar-refractivity contribution is -0.137. The van der Waals surface area contributed by atoms with Crippen molar-refractivity contribution in [3.8, 4) is 0 Å². The predicted octanol–water partition coefficient (Wildman–Crippen LogP) is 3.47. The Morgan fingerprint density at radius 2 is 1.98 bits per heavy atom. The number of dihydropyridines is 1. The molecule has 0 radical (unpaired) electrons. The third-order valence-corrected chi connectivity index (χ3v) is 9.29. The van der Waals surface area contributed by atoms with Crippen LogP contribution in [0.5, 0.6) is 0 Å². The summed E-state index contributed by atoms with van der Waals surface area (Å²) in [6, 6.07) is 5.69. The van der Waals surface area contributed by atoms with Crippen LogP contribution in [0, 0.1) is 5.82 Å². The van der Waals surface area contributed by atoms with E-state index in [1.807, 2.05) is 17.9 Å². The van der Waals surface area contributed by atoms with Crippen LogP contribution in [0.4, 0.5) is 8.78 Å². The number of aliphatic carboxylic acids is 1. The Kier molecular flexibility index (Phi) is 9.34. The number of halogens is 2. The van der Waals surface area contributed by atoms with Crippen LogP contribution in [0.2, 0.25) is 0 Å². The highest BCUT2D eigenvalue weighted by atomic mass is 32.2. The van der Waals surface area contributed by atoms with Crippen LogP contribution in [0.15, 0.2) is 46.9 Å². The average molecular weight is 575 g/mol. The second-order valence-electron chi connectivity index (χ2n) is 10.9. The Hall–Kier alpha value is -2.60. The van der Waals surface area contributed by atoms with Crippen LogP contribution in [0.25, 0.3) is 5.70 Å². The number of thioether (sulfide) groups is 1. The second-order valence-corrected chi connectivity index (χ2v) is 12.1. The molecule has 0 spiro atoms. The van der Waals surface area contributed by atoms with Crippen LogP contribution in [0.1, 0.15) is 44.2 Å². The maximum absolute atomic E-state index is 15.8. The van der Waals surface area contributed by atoms with Crippen molar-refractivity contribution >= 4 is 23.4 Å². The number of aryl methyl sites for hydroxylation is 1. The van der Waals surface area contributed by atoms with Gasteiger partial charge in [-0.3, -0.25) is 19.9 Å². The van der Waals surface area contributed by atoms with E-state index < -0.39 is 12.1 Å². The quantitative estimate of drug-likeness (QED) is 0.336. The van der Waals surface area contributed by atoms with Gasteiger partial charge in [0.05, 0.1) is 17.8 Å². The van der Waals surface area contributed by atoms with E-state index >= 15 is 4.39 Å². The summed E-state index contributed by atoms with van der Waals surface area (Å²) in [4.78, 5) is 18.6. The molecule has 218 valence electrons. The second kappa shape index (κ2) is 12.9. The number of likely N-dealkylation sites (tertiary alicyclic amines) is 1. The standard InChI is InChI=1S/C29H40F2N6O2S/c1-3-20-15-21(17-22(30)16-20)27-24(18-37-9-4-5-19(37)2)40-29(33-27)34-28-26(31)23(6-8-32-28)36-13-11-35(12-14-36)10-7-25(38)39/h6,8,15-17,19,28-29,32-34H,3-5,7,9-14,18H2,1-2H3,(H,38,39)/t19-,28?,29?/m1/s1. The van der Waals surface area contributed by atoms with Crippen molar-refractivity contribution in [1.82, 2.24) is 30.7 Å². The van der Waals surface area contributed by atoms with Gasteiger partial charge in [-0.1, -0.05) is 18.7 Å². The number of hydrogen-bond donors (Lipinski definition) is 4. The SMILES string of the molecule is CCc1cc(F)cc(C2=C(CN3CCC[C@H]3C)SC(NC3NC=CC(N4CCN(CCC(=O)O)CC4)=C3F)N2)c1. The van der Waals surface area contributed by atoms with Crippen LogP contribution < -0.4 is 16.0 Å². The molecule has 5 rings (SSSR count). The van der Waals surface area contributed by atoms with E-state index in [-0.39, 0.29) is 23.6 Å². The number of hydrogen-bond acceptors (Lipinski definition) is 8. The first-order valence-electron chi connectivity index (χ1n) is 14.3. The molecular formula is C29H40F2N6O2S. The summed E-state index contributed by atoms with van der Waals surface area (Å²) in [7, 11) is 0. The fourth-order valence-corrected chi connectivity index (χ4v) is 7.01. The third kappa shape index (κ3) is 6.82. The highest BCUT2D eigenvalue weighted by molar-refractivity contribution is 8.04. The van der Waals surface area contributed by atoms with Gasteiger partial charge >= 0.3 is 5.97 Å². The molecule has 2 unspecified atom stereocenters. The molecule has 4 N–H and O–H groups in total. The first-order chi connectivity index (χ1) is 19.3. The average Bonchev–Trinajstić information content (AvgIpc) is 3.54. The van der Waals surface area contributed by atoms with Gasteiger partial charge in [-0.05, 0) is 62.6 Å². The highest BCUT2D eigenvalue weighted by Crippen LogP contribution is 2.37. The first-order valence-corrected chi connectivity index (χ1v) is 15.2. The largest absolute Gasteiger partial charge is 0.481 e. The van der Waals surface area contributed by atoms with Gasteiger partial charge in [0.25, 0.3) is 0 Å². The lowest BCUT2D eigenvalue weighted by Crippen LogP contribution is -2.52. The van der Waals surface area contributed by atoms with Gasteiger partial charge in [-0.25, -0.2) is 8.78 Å². The maximum Gasteiger partial charge on any atom is 0.304 e. The summed E-state index contributed by atoms with van der Waals surface area (Å²) >= 11 is 1.63. The molecule has 1 aromatic rings. The van der Waals surface area contributed by atoms with Crippen LogP contribution >= 0.6 is 11.8 Å². The number of carboxylic acid groups (broad SMARTS) is 1. The molecule has 2 saturated heterocycles. The summed E-state index contributed by atoms with van der Waals surface area (Å²) in [5.74, 6) is -1.32. The molecule has 4 heterocycles. The van der Waals surface area contributed by atoms with Gasteiger partial charge in [-0.15, -0.1) is 0 Å². The van der Waals surface area contributed by atoms with Gasteiger partial charge < -0.3 is 20.6 Å². The molecule has 40 heavy (non-hydrogen) atoms. The Balaban J connectivity index is 1.28. The van der Waals surface area contributed by atoms with Crippen molar-refractivity contribution in [2.45, 2.75) is 57.2 Å². The van der Waals surface area contributed by atoms with Gasteiger partial charge in [0.2, 0.25) is 0 Å². The van der Waals surface area contributed by atoms with Crippen molar-refractivity contribution in [3.63, 3.8) is 0 Å². The number of carboxylic acids is 1. The fourth-order valence-electron chi connectivity index (χ4n) is 5.81. The number of rotatable bonds is 10. The van der Waals surface area contributed by atoms with Crippen molar-refractivity contribution in [1.29, 1.82) is 0 Å². The normalized spacial score (nSPS) is 26.0. The number of nitrogens with one attached hydrogen (secondary N) is 3. The lowest BCUT2D eigenvalue weighted by atomic mass is 10.1. The molecule has 4 aliphatic rings. The van der Waals surface area contributed by atoms with Gasteiger partial charge in [0.1, 0.15) is 17.5 Å². The third-order valence-electron chi connectivity index (χ3n) is 8.18. The molecule has 4 aliphatic heterocycles. The lowest BCUT2D eigenvalue weighted by Gasteiger charge is -2.38. The van der Waals surface area contributed by atoms with Crippen molar-refractivity contribution in [2.75, 3.05) is 45.8 Å². The zero-order valence-electron chi connectivity index (χ0n) is 23.3. The Bertz CT molecular complexity index is 1180. The minimum atomic E-state index is -0.802. The van der Waals surface area contributed by atoms with Crippen LogP contribution in [-0.2, 0) is 11.2 Å². The summed E-state index contributed by atoms with van der Waals surface area (Å²) in [5, 5.41) is 19.0. The monoisotopic (exact) mass is 574 g/mol. The molecule has 1 aromatic carbocycles. The first kappa shape index (κ1) is 28.9. The minimum absolute atomic E-state index is 0.114. The fraction of sp³-hybridized carbons (Fsp3) is 0.552. The highest BCUT2D eigenvalue weighted by Gasteiger charge is 2.33. The van der Waals surface area contributed by atoms with E-state index in [4.69, 9.17) is 5.11 Å². The summed E-state index contributed by atoms with van der Waals surface area (Å²) in [5.41, 5.74) is 2.93. The topological polar surface area (TPSA) is 83.1 Å². The number of carbonyl (C=O) groups is 1. The molecule has 0 amide bonds. The smallest absolute Gasteiger partial charge is 0.304 e. The molecule has 0 saturated carbocycles. The van der Waals surface area contributed by atoms with Crippen LogP contribution in [-0.4, -0.2) is 89.3 Å². The van der Waals surface area contributed by atoms with E-state index in [1.54, 1.807) is 36.2 Å². The van der Waals surface area contributed by atoms with Gasteiger partial charge in [-0.2, -0.15) is 0 Å². The zero-order valence-corrected chi connectivity index (χ0v) is 24.1. The minimum Gasteiger partial charge on any atom is -0.481 e. The molecule has 0 aromatic heterocycles. The van der Waals surface area contributed by atoms with Crippen molar-refractivity contribution in [3.05, 3.63) is 63.8 Å². The van der Waals surface area contributed by atoms with Gasteiger partial charge in [0, 0.05) is 62.0 Å². The summed E-state index contributed by atoms with van der Waals surface area (Å²) < 4.78 is 30.3. The zero-order chi connectivity index (χ0) is 28.2. The van der Waals surface area contributed by atoms with E-state index in [2.05, 4.69) is 32.7 Å². The van der Waals surface area contributed by atoms with Crippen molar-refractivity contribution in [2.24, 2.45) is 0 Å². The predicted molar refractivity (Wildman–Crippen MR) is 155 cm³/mol. The molecular weight excluding hydrogens is 534 g/mol. The Morgan fingerprint density at radius 1 is 1.18 bits per heavy atom. The number of allylic oxidation sites excluding steroid dienone is 1. The molecule has 11 heteroatoms. The Labute approximate surface area is 239 Å². The van der Waals surface area contributed by atoms with Crippen molar-refractivity contribution < 1.29 is 18.7 Å². The van der Waals surface area contributed by atoms with Crippen LogP contribution in [0.3, 0.4) is 0 Å². The maximum atomic E-state index is 15.8. The van der Waals surface area contributed by atoms with E-state index in [1.165, 1.54) is 12.8 Å². The van der Waals surface area contributed by atoms with E-state index in [0.29, 0.717) is 44.5 Å². The Morgan fingerprint density at radius 3 is 2.67 bits per heavy atom. The van der Waals surface area contributed by atoms with E-state index in [0.717, 1.165) is 41.2 Å². The number of benzene rings is 1. The molecule has 0 aliphatic carbocycles. The summed E-state index contributed by atoms with van der Waals surface area (Å²) in [6.07, 6.45) is 6.04. The number of piperazine rings is 1. The molecule has 2 fully saturated rings. The molecule has 8 nitrogen and oxygen atoms in total. The van der Waals surface area contributed by atoms with E-state index in [9.17, 15) is 9.18 Å². The molecule has 0 bridgehead atoms. The molecule has 3 atom stereocenters. The summed E-state index contributed by atoms with van der Waals surface area (Å²) in [6.45, 7) is 9.27. The number of nitrogens with zero attached hydrogens (tertiary/aromatic N) is 3.